The number of rotatable bonds is 6. The van der Waals surface area contributed by atoms with Gasteiger partial charge >= 0.3 is 0 Å². The fourth-order valence-corrected chi connectivity index (χ4v) is 3.53. The summed E-state index contributed by atoms with van der Waals surface area (Å²) in [6, 6.07) is 7.81. The quantitative estimate of drug-likeness (QED) is 0.794. The molecule has 1 saturated carbocycles. The van der Waals surface area contributed by atoms with Crippen molar-refractivity contribution in [1.29, 1.82) is 0 Å². The molecular weight excluding hydrogens is 312 g/mol. The third kappa shape index (κ3) is 3.76. The molecule has 1 atom stereocenters. The first-order valence-corrected chi connectivity index (χ1v) is 8.68. The Morgan fingerprint density at radius 3 is 2.70 bits per heavy atom. The van der Waals surface area contributed by atoms with Crippen molar-refractivity contribution in [2.24, 2.45) is 0 Å². The minimum absolute atomic E-state index is 0.395. The van der Waals surface area contributed by atoms with E-state index in [1.165, 1.54) is 47.8 Å². The summed E-state index contributed by atoms with van der Waals surface area (Å²) >= 11 is 3.62. The molecular formula is C17H27BrN2. The van der Waals surface area contributed by atoms with E-state index in [1.807, 2.05) is 0 Å². The van der Waals surface area contributed by atoms with Gasteiger partial charge in [-0.1, -0.05) is 35.7 Å². The molecule has 0 amide bonds. The zero-order valence-corrected chi connectivity index (χ0v) is 14.5. The van der Waals surface area contributed by atoms with Crippen molar-refractivity contribution in [3.8, 4) is 0 Å². The maximum absolute atomic E-state index is 3.62. The highest BCUT2D eigenvalue weighted by Gasteiger charge is 2.22. The van der Waals surface area contributed by atoms with E-state index in [0.717, 1.165) is 6.54 Å². The van der Waals surface area contributed by atoms with Gasteiger partial charge in [0.2, 0.25) is 0 Å². The third-order valence-electron chi connectivity index (χ3n) is 4.41. The predicted octanol–water partition coefficient (Wildman–Crippen LogP) is 4.89. The van der Waals surface area contributed by atoms with Crippen LogP contribution in [0.15, 0.2) is 22.7 Å². The fourth-order valence-electron chi connectivity index (χ4n) is 3.15. The van der Waals surface area contributed by atoms with Gasteiger partial charge in [-0.05, 0) is 56.5 Å². The summed E-state index contributed by atoms with van der Waals surface area (Å²) in [4.78, 5) is 2.50. The first-order chi connectivity index (χ1) is 9.63. The monoisotopic (exact) mass is 338 g/mol. The number of benzene rings is 1. The summed E-state index contributed by atoms with van der Waals surface area (Å²) in [5, 5.41) is 3.61. The molecule has 0 aromatic heterocycles. The summed E-state index contributed by atoms with van der Waals surface area (Å²) in [6.07, 6.45) is 6.60. The van der Waals surface area contributed by atoms with Gasteiger partial charge in [0, 0.05) is 29.3 Å². The average molecular weight is 339 g/mol. The van der Waals surface area contributed by atoms with E-state index < -0.39 is 0 Å². The fraction of sp³-hybridized carbons (Fsp3) is 0.647. The largest absolute Gasteiger partial charge is 0.371 e. The molecule has 0 spiro atoms. The van der Waals surface area contributed by atoms with E-state index >= 15 is 0 Å². The molecule has 1 N–H and O–H groups in total. The second-order valence-electron chi connectivity index (χ2n) is 5.93. The van der Waals surface area contributed by atoms with Gasteiger partial charge in [-0.15, -0.1) is 0 Å². The van der Waals surface area contributed by atoms with Crippen molar-refractivity contribution in [3.63, 3.8) is 0 Å². The summed E-state index contributed by atoms with van der Waals surface area (Å²) in [6.45, 7) is 5.55. The standard InChI is InChI=1S/C17H27BrN2/c1-4-11-19-13(2)16-12-14(18)9-10-17(16)20(3)15-7-5-6-8-15/h9-10,12-13,15,19H,4-8,11H2,1-3H3. The Labute approximate surface area is 132 Å². The first-order valence-electron chi connectivity index (χ1n) is 7.89. The lowest BCUT2D eigenvalue weighted by atomic mass is 10.0. The minimum Gasteiger partial charge on any atom is -0.371 e. The summed E-state index contributed by atoms with van der Waals surface area (Å²) < 4.78 is 1.17. The third-order valence-corrected chi connectivity index (χ3v) is 4.90. The van der Waals surface area contributed by atoms with E-state index in [9.17, 15) is 0 Å². The highest BCUT2D eigenvalue weighted by molar-refractivity contribution is 9.10. The van der Waals surface area contributed by atoms with E-state index in [1.54, 1.807) is 0 Å². The van der Waals surface area contributed by atoms with E-state index in [-0.39, 0.29) is 0 Å². The number of hydrogen-bond donors (Lipinski definition) is 1. The minimum atomic E-state index is 0.395. The van der Waals surface area contributed by atoms with Crippen molar-refractivity contribution in [2.75, 3.05) is 18.5 Å². The van der Waals surface area contributed by atoms with Crippen molar-refractivity contribution >= 4 is 21.6 Å². The van der Waals surface area contributed by atoms with Gasteiger partial charge in [0.15, 0.2) is 0 Å². The van der Waals surface area contributed by atoms with E-state index in [2.05, 4.69) is 65.2 Å². The van der Waals surface area contributed by atoms with Crippen molar-refractivity contribution in [3.05, 3.63) is 28.2 Å². The second-order valence-corrected chi connectivity index (χ2v) is 6.84. The molecule has 112 valence electrons. The van der Waals surface area contributed by atoms with Gasteiger partial charge in [-0.3, -0.25) is 0 Å². The number of hydrogen-bond acceptors (Lipinski definition) is 2. The van der Waals surface area contributed by atoms with Gasteiger partial charge < -0.3 is 10.2 Å². The molecule has 0 heterocycles. The van der Waals surface area contributed by atoms with Gasteiger partial charge in [0.05, 0.1) is 0 Å². The average Bonchev–Trinajstić information content (AvgIpc) is 2.98. The van der Waals surface area contributed by atoms with Crippen LogP contribution in [0.2, 0.25) is 0 Å². The van der Waals surface area contributed by atoms with Gasteiger partial charge in [-0.25, -0.2) is 0 Å². The molecule has 2 rings (SSSR count). The Morgan fingerprint density at radius 1 is 1.35 bits per heavy atom. The van der Waals surface area contributed by atoms with Crippen LogP contribution in [0.25, 0.3) is 0 Å². The highest BCUT2D eigenvalue weighted by Crippen LogP contribution is 2.33. The van der Waals surface area contributed by atoms with Crippen LogP contribution in [0.3, 0.4) is 0 Å². The topological polar surface area (TPSA) is 15.3 Å². The number of anilines is 1. The Bertz CT molecular complexity index is 427. The van der Waals surface area contributed by atoms with Gasteiger partial charge in [0.25, 0.3) is 0 Å². The van der Waals surface area contributed by atoms with Gasteiger partial charge in [0.1, 0.15) is 0 Å². The van der Waals surface area contributed by atoms with Crippen molar-refractivity contribution in [2.45, 2.75) is 58.0 Å². The zero-order valence-electron chi connectivity index (χ0n) is 13.0. The van der Waals surface area contributed by atoms with Gasteiger partial charge in [-0.2, -0.15) is 0 Å². The molecule has 0 saturated heterocycles. The molecule has 1 unspecified atom stereocenters. The number of halogens is 1. The SMILES string of the molecule is CCCNC(C)c1cc(Br)ccc1N(C)C1CCCC1. The second kappa shape index (κ2) is 7.46. The van der Waals surface area contributed by atoms with E-state index in [4.69, 9.17) is 0 Å². The number of nitrogens with one attached hydrogen (secondary N) is 1. The molecule has 1 fully saturated rings. The normalized spacial score (nSPS) is 17.4. The lowest BCUT2D eigenvalue weighted by Crippen LogP contribution is -2.31. The first kappa shape index (κ1) is 15.8. The Morgan fingerprint density at radius 2 is 2.05 bits per heavy atom. The predicted molar refractivity (Wildman–Crippen MR) is 91.5 cm³/mol. The maximum Gasteiger partial charge on any atom is 0.0415 e. The zero-order chi connectivity index (χ0) is 14.5. The Balaban J connectivity index is 2.22. The lowest BCUT2D eigenvalue weighted by molar-refractivity contribution is 0.565. The van der Waals surface area contributed by atoms with Crippen LogP contribution in [-0.2, 0) is 0 Å². The molecule has 1 aliphatic rings. The van der Waals surface area contributed by atoms with Crippen molar-refractivity contribution in [1.82, 2.24) is 5.32 Å². The van der Waals surface area contributed by atoms with Crippen LogP contribution in [0, 0.1) is 0 Å². The van der Waals surface area contributed by atoms with Crippen LogP contribution in [-0.4, -0.2) is 19.6 Å². The summed E-state index contributed by atoms with van der Waals surface area (Å²) in [5.41, 5.74) is 2.79. The highest BCUT2D eigenvalue weighted by atomic mass is 79.9. The Kier molecular flexibility index (Phi) is 5.91. The van der Waals surface area contributed by atoms with Crippen LogP contribution in [0.5, 0.6) is 0 Å². The van der Waals surface area contributed by atoms with Crippen LogP contribution < -0.4 is 10.2 Å². The molecule has 1 aliphatic carbocycles. The van der Waals surface area contributed by atoms with Crippen LogP contribution in [0.1, 0.15) is 57.6 Å². The number of nitrogens with zero attached hydrogens (tertiary/aromatic N) is 1. The molecule has 1 aromatic rings. The lowest BCUT2D eigenvalue weighted by Gasteiger charge is -2.30. The molecule has 20 heavy (non-hydrogen) atoms. The Hall–Kier alpha value is -0.540. The van der Waals surface area contributed by atoms with E-state index in [0.29, 0.717) is 12.1 Å². The summed E-state index contributed by atoms with van der Waals surface area (Å²) in [5.74, 6) is 0. The van der Waals surface area contributed by atoms with Crippen LogP contribution in [0.4, 0.5) is 5.69 Å². The molecule has 0 radical (unpaired) electrons. The smallest absolute Gasteiger partial charge is 0.0415 e. The maximum atomic E-state index is 3.62. The van der Waals surface area contributed by atoms with Crippen LogP contribution >= 0.6 is 15.9 Å². The molecule has 2 nitrogen and oxygen atoms in total. The molecule has 0 bridgehead atoms. The molecule has 1 aromatic carbocycles. The molecule has 3 heteroatoms. The molecule has 0 aliphatic heterocycles. The summed E-state index contributed by atoms with van der Waals surface area (Å²) in [7, 11) is 2.26. The van der Waals surface area contributed by atoms with Crippen molar-refractivity contribution < 1.29 is 0 Å².